The largest absolute Gasteiger partial charge is 0.464 e. The average molecular weight is 317 g/mol. The number of esters is 1. The molecule has 19 heavy (non-hydrogen) atoms. The number of methoxy groups -OCH3 is 1. The van der Waals surface area contributed by atoms with Crippen LogP contribution in [0.1, 0.15) is 10.5 Å². The maximum Gasteiger partial charge on any atom is 0.358 e. The zero-order chi connectivity index (χ0) is 14.0. The number of rotatable bonds is 2. The predicted molar refractivity (Wildman–Crippen MR) is 76.0 cm³/mol. The van der Waals surface area contributed by atoms with Crippen molar-refractivity contribution >= 4 is 40.8 Å². The Labute approximate surface area is 125 Å². The zero-order valence-electron chi connectivity index (χ0n) is 9.78. The number of benzene rings is 1. The third-order valence-corrected chi connectivity index (χ3v) is 3.58. The second-order valence-electron chi connectivity index (χ2n) is 3.62. The normalized spacial score (nSPS) is 10.3. The monoisotopic (exact) mass is 315 g/mol. The quantitative estimate of drug-likeness (QED) is 0.766. The molecule has 0 saturated carbocycles. The average Bonchev–Trinajstić information content (AvgIpc) is 2.42. The second-order valence-corrected chi connectivity index (χ2v) is 4.81. The van der Waals surface area contributed by atoms with E-state index in [4.69, 9.17) is 34.8 Å². The molecule has 0 radical (unpaired) electrons. The summed E-state index contributed by atoms with van der Waals surface area (Å²) < 4.78 is 4.62. The number of nitrogens with zero attached hydrogens (tertiary/aromatic N) is 1. The van der Waals surface area contributed by atoms with Gasteiger partial charge < -0.3 is 4.74 Å². The Kier molecular flexibility index (Phi) is 4.30. The highest BCUT2D eigenvalue weighted by atomic mass is 35.5. The van der Waals surface area contributed by atoms with E-state index in [1.165, 1.54) is 7.11 Å². The van der Waals surface area contributed by atoms with Gasteiger partial charge in [-0.15, -0.1) is 0 Å². The molecule has 0 aliphatic carbocycles. The van der Waals surface area contributed by atoms with Crippen molar-refractivity contribution in [2.45, 2.75) is 0 Å². The van der Waals surface area contributed by atoms with Gasteiger partial charge in [-0.1, -0.05) is 46.9 Å². The molecule has 0 atom stereocenters. The molecule has 0 N–H and O–H groups in total. The van der Waals surface area contributed by atoms with E-state index in [1.807, 2.05) is 0 Å². The van der Waals surface area contributed by atoms with Crippen molar-refractivity contribution in [3.8, 4) is 11.3 Å². The van der Waals surface area contributed by atoms with Crippen LogP contribution in [0.2, 0.25) is 15.1 Å². The van der Waals surface area contributed by atoms with Crippen molar-refractivity contribution in [1.29, 1.82) is 0 Å². The Hall–Kier alpha value is -1.29. The van der Waals surface area contributed by atoms with Crippen LogP contribution in [0.25, 0.3) is 11.3 Å². The lowest BCUT2D eigenvalue weighted by Gasteiger charge is -2.07. The summed E-state index contributed by atoms with van der Waals surface area (Å²) in [7, 11) is 1.26. The minimum absolute atomic E-state index is 0.0395. The molecular weight excluding hydrogens is 309 g/mol. The van der Waals surface area contributed by atoms with Gasteiger partial charge in [0.2, 0.25) is 0 Å². The number of pyridine rings is 1. The minimum atomic E-state index is -0.606. The van der Waals surface area contributed by atoms with E-state index in [9.17, 15) is 4.79 Å². The first kappa shape index (κ1) is 14.1. The zero-order valence-corrected chi connectivity index (χ0v) is 12.1. The Morgan fingerprint density at radius 2 is 1.84 bits per heavy atom. The van der Waals surface area contributed by atoms with Crippen molar-refractivity contribution in [3.05, 3.63) is 51.1 Å². The van der Waals surface area contributed by atoms with Gasteiger partial charge >= 0.3 is 5.97 Å². The van der Waals surface area contributed by atoms with Crippen molar-refractivity contribution in [3.63, 3.8) is 0 Å². The molecule has 2 rings (SSSR count). The van der Waals surface area contributed by atoms with Gasteiger partial charge in [0.1, 0.15) is 0 Å². The first-order chi connectivity index (χ1) is 9.04. The molecule has 1 heterocycles. The van der Waals surface area contributed by atoms with Crippen molar-refractivity contribution in [1.82, 2.24) is 4.98 Å². The van der Waals surface area contributed by atoms with Crippen molar-refractivity contribution in [2.24, 2.45) is 0 Å². The lowest BCUT2D eigenvalue weighted by Crippen LogP contribution is -2.06. The molecule has 3 nitrogen and oxygen atoms in total. The molecular formula is C13H8Cl3NO2. The van der Waals surface area contributed by atoms with Crippen LogP contribution in [-0.4, -0.2) is 18.1 Å². The summed E-state index contributed by atoms with van der Waals surface area (Å²) in [4.78, 5) is 15.7. The van der Waals surface area contributed by atoms with Gasteiger partial charge in [0.05, 0.1) is 27.9 Å². The first-order valence-electron chi connectivity index (χ1n) is 5.24. The van der Waals surface area contributed by atoms with Crippen LogP contribution < -0.4 is 0 Å². The number of halogens is 3. The highest BCUT2D eigenvalue weighted by molar-refractivity contribution is 6.43. The maximum atomic E-state index is 11.5. The molecule has 6 heteroatoms. The molecule has 0 fully saturated rings. The van der Waals surface area contributed by atoms with E-state index in [0.29, 0.717) is 21.3 Å². The van der Waals surface area contributed by atoms with E-state index in [-0.39, 0.29) is 10.7 Å². The molecule has 0 aliphatic heterocycles. The van der Waals surface area contributed by atoms with Gasteiger partial charge in [0.15, 0.2) is 5.69 Å². The Bertz CT molecular complexity index is 644. The standard InChI is InChI=1S/C13H8Cl3NO2/c1-19-13(18)12-9(15)5-6-10(17-12)7-3-2-4-8(14)11(7)16/h2-6H,1H3. The van der Waals surface area contributed by atoms with E-state index in [0.717, 1.165) is 0 Å². The van der Waals surface area contributed by atoms with Crippen LogP contribution in [-0.2, 0) is 4.74 Å². The summed E-state index contributed by atoms with van der Waals surface area (Å²) in [5, 5.41) is 0.999. The third kappa shape index (κ3) is 2.84. The number of aromatic nitrogens is 1. The Balaban J connectivity index is 2.58. The molecule has 2 aromatic rings. The predicted octanol–water partition coefficient (Wildman–Crippen LogP) is 4.50. The summed E-state index contributed by atoms with van der Waals surface area (Å²) in [6.07, 6.45) is 0. The van der Waals surface area contributed by atoms with Gasteiger partial charge in [0, 0.05) is 5.56 Å². The summed E-state index contributed by atoms with van der Waals surface area (Å²) in [5.74, 6) is -0.606. The Morgan fingerprint density at radius 1 is 1.11 bits per heavy atom. The number of hydrogen-bond donors (Lipinski definition) is 0. The fourth-order valence-corrected chi connectivity index (χ4v) is 2.11. The van der Waals surface area contributed by atoms with Crippen LogP contribution in [0.3, 0.4) is 0 Å². The van der Waals surface area contributed by atoms with Gasteiger partial charge in [-0.05, 0) is 18.2 Å². The molecule has 0 amide bonds. The maximum absolute atomic E-state index is 11.5. The summed E-state index contributed by atoms with van der Waals surface area (Å²) in [6.45, 7) is 0. The molecule has 0 bridgehead atoms. The molecule has 0 spiro atoms. The van der Waals surface area contributed by atoms with Crippen LogP contribution in [0, 0.1) is 0 Å². The lowest BCUT2D eigenvalue weighted by atomic mass is 10.1. The number of hydrogen-bond acceptors (Lipinski definition) is 3. The van der Waals surface area contributed by atoms with Crippen molar-refractivity contribution < 1.29 is 9.53 Å². The summed E-state index contributed by atoms with van der Waals surface area (Å²) in [6, 6.07) is 8.40. The second kappa shape index (κ2) is 5.78. The lowest BCUT2D eigenvalue weighted by molar-refractivity contribution is 0.0594. The highest BCUT2D eigenvalue weighted by Gasteiger charge is 2.15. The van der Waals surface area contributed by atoms with Crippen molar-refractivity contribution in [2.75, 3.05) is 7.11 Å². The van der Waals surface area contributed by atoms with Crippen LogP contribution in [0.15, 0.2) is 30.3 Å². The van der Waals surface area contributed by atoms with E-state index in [2.05, 4.69) is 9.72 Å². The topological polar surface area (TPSA) is 39.2 Å². The SMILES string of the molecule is COC(=O)c1nc(-c2cccc(Cl)c2Cl)ccc1Cl. The number of carbonyl (C=O) groups excluding carboxylic acids is 1. The van der Waals surface area contributed by atoms with Crippen LogP contribution in [0.5, 0.6) is 0 Å². The van der Waals surface area contributed by atoms with Gasteiger partial charge in [-0.3, -0.25) is 0 Å². The molecule has 0 aliphatic rings. The van der Waals surface area contributed by atoms with E-state index < -0.39 is 5.97 Å². The van der Waals surface area contributed by atoms with Gasteiger partial charge in [-0.2, -0.15) is 0 Å². The highest BCUT2D eigenvalue weighted by Crippen LogP contribution is 2.33. The fraction of sp³-hybridized carbons (Fsp3) is 0.0769. The smallest absolute Gasteiger partial charge is 0.358 e. The van der Waals surface area contributed by atoms with Crippen LogP contribution >= 0.6 is 34.8 Å². The molecule has 0 unspecified atom stereocenters. The van der Waals surface area contributed by atoms with E-state index in [1.54, 1.807) is 30.3 Å². The Morgan fingerprint density at radius 3 is 2.53 bits per heavy atom. The minimum Gasteiger partial charge on any atom is -0.464 e. The summed E-state index contributed by atoms with van der Waals surface area (Å²) >= 11 is 18.0. The van der Waals surface area contributed by atoms with Gasteiger partial charge in [0.25, 0.3) is 0 Å². The van der Waals surface area contributed by atoms with Gasteiger partial charge in [-0.25, -0.2) is 9.78 Å². The number of ether oxygens (including phenoxy) is 1. The first-order valence-corrected chi connectivity index (χ1v) is 6.37. The number of carbonyl (C=O) groups is 1. The summed E-state index contributed by atoms with van der Waals surface area (Å²) in [5.41, 5.74) is 1.16. The molecule has 98 valence electrons. The molecule has 1 aromatic heterocycles. The molecule has 1 aromatic carbocycles. The third-order valence-electron chi connectivity index (χ3n) is 2.45. The van der Waals surface area contributed by atoms with Crippen LogP contribution in [0.4, 0.5) is 0 Å². The fourth-order valence-electron chi connectivity index (χ4n) is 1.53. The van der Waals surface area contributed by atoms with E-state index >= 15 is 0 Å². The molecule has 0 saturated heterocycles.